The minimum Gasteiger partial charge on any atom is -0.469 e. The van der Waals surface area contributed by atoms with Crippen LogP contribution in [0.25, 0.3) is 0 Å². The second-order valence-corrected chi connectivity index (χ2v) is 7.06. The van der Waals surface area contributed by atoms with Gasteiger partial charge in [-0.15, -0.1) is 0 Å². The molecule has 144 valence electrons. The Kier molecular flexibility index (Phi) is 7.30. The van der Waals surface area contributed by atoms with Gasteiger partial charge < -0.3 is 19.9 Å². The van der Waals surface area contributed by atoms with Crippen molar-refractivity contribution in [2.24, 2.45) is 16.8 Å². The molecule has 1 N–H and O–H groups in total. The predicted octanol–water partition coefficient (Wildman–Crippen LogP) is 2.00. The van der Waals surface area contributed by atoms with Gasteiger partial charge in [-0.1, -0.05) is 19.1 Å². The summed E-state index contributed by atoms with van der Waals surface area (Å²) in [5.41, 5.74) is 2.47. The lowest BCUT2D eigenvalue weighted by molar-refractivity contribution is -0.145. The summed E-state index contributed by atoms with van der Waals surface area (Å²) >= 11 is 0. The number of benzene rings is 1. The number of hydrogen-bond donors (Lipinski definition) is 1. The smallest absolute Gasteiger partial charge is 0.310 e. The van der Waals surface area contributed by atoms with Crippen LogP contribution in [-0.2, 0) is 16.0 Å². The van der Waals surface area contributed by atoms with E-state index < -0.39 is 0 Å². The Balaban J connectivity index is 1.97. The molecular formula is C20H32N4O2. The lowest BCUT2D eigenvalue weighted by Crippen LogP contribution is -2.40. The van der Waals surface area contributed by atoms with Gasteiger partial charge in [-0.25, -0.2) is 0 Å². The fraction of sp³-hybridized carbons (Fsp3) is 0.600. The summed E-state index contributed by atoms with van der Waals surface area (Å²) < 4.78 is 4.93. The Morgan fingerprint density at radius 2 is 2.00 bits per heavy atom. The SMILES string of the molecule is CCNC(=NCCc1ccc(N(C)C)cc1)N1CC(C)C(C(=O)OC)C1. The van der Waals surface area contributed by atoms with Crippen LogP contribution in [0.1, 0.15) is 19.4 Å². The Morgan fingerprint density at radius 3 is 2.58 bits per heavy atom. The van der Waals surface area contributed by atoms with E-state index in [-0.39, 0.29) is 17.8 Å². The molecule has 6 heteroatoms. The number of hydrogen-bond acceptors (Lipinski definition) is 4. The summed E-state index contributed by atoms with van der Waals surface area (Å²) in [5.74, 6) is 0.944. The molecule has 1 heterocycles. The van der Waals surface area contributed by atoms with E-state index in [0.717, 1.165) is 32.0 Å². The molecule has 1 saturated heterocycles. The molecule has 1 aliphatic heterocycles. The minimum atomic E-state index is -0.128. The van der Waals surface area contributed by atoms with Gasteiger partial charge >= 0.3 is 5.97 Å². The predicted molar refractivity (Wildman–Crippen MR) is 107 cm³/mol. The molecule has 0 amide bonds. The summed E-state index contributed by atoms with van der Waals surface area (Å²) in [6.45, 7) is 7.17. The van der Waals surface area contributed by atoms with Crippen molar-refractivity contribution in [1.82, 2.24) is 10.2 Å². The number of esters is 1. The van der Waals surface area contributed by atoms with Crippen LogP contribution < -0.4 is 10.2 Å². The van der Waals surface area contributed by atoms with Crippen molar-refractivity contribution in [3.05, 3.63) is 29.8 Å². The molecule has 0 aliphatic carbocycles. The molecule has 1 aliphatic rings. The number of rotatable bonds is 6. The van der Waals surface area contributed by atoms with Gasteiger partial charge in [0.2, 0.25) is 0 Å². The number of guanidine groups is 1. The van der Waals surface area contributed by atoms with E-state index in [2.05, 4.69) is 53.2 Å². The van der Waals surface area contributed by atoms with Crippen LogP contribution in [0, 0.1) is 11.8 Å². The van der Waals surface area contributed by atoms with E-state index in [4.69, 9.17) is 9.73 Å². The molecular weight excluding hydrogens is 328 g/mol. The molecule has 0 aromatic heterocycles. The van der Waals surface area contributed by atoms with Crippen molar-refractivity contribution in [2.75, 3.05) is 52.3 Å². The second kappa shape index (κ2) is 9.46. The standard InChI is InChI=1S/C20H32N4O2/c1-6-21-20(24-13-15(2)18(14-24)19(25)26-5)22-12-11-16-7-9-17(10-8-16)23(3)4/h7-10,15,18H,6,11-14H2,1-5H3,(H,21,22). The average molecular weight is 361 g/mol. The number of nitrogens with zero attached hydrogens (tertiary/aromatic N) is 3. The molecule has 2 unspecified atom stereocenters. The van der Waals surface area contributed by atoms with E-state index in [1.807, 2.05) is 14.1 Å². The average Bonchev–Trinajstić information content (AvgIpc) is 3.02. The Labute approximate surface area is 157 Å². The summed E-state index contributed by atoms with van der Waals surface area (Å²) in [6, 6.07) is 8.58. The van der Waals surface area contributed by atoms with Crippen LogP contribution in [0.4, 0.5) is 5.69 Å². The summed E-state index contributed by atoms with van der Waals surface area (Å²) in [7, 11) is 5.54. The van der Waals surface area contributed by atoms with Crippen molar-refractivity contribution in [1.29, 1.82) is 0 Å². The van der Waals surface area contributed by atoms with Gasteiger partial charge in [0.15, 0.2) is 5.96 Å². The van der Waals surface area contributed by atoms with E-state index in [1.54, 1.807) is 0 Å². The maximum Gasteiger partial charge on any atom is 0.310 e. The molecule has 0 spiro atoms. The fourth-order valence-electron chi connectivity index (χ4n) is 3.28. The highest BCUT2D eigenvalue weighted by Crippen LogP contribution is 2.24. The van der Waals surface area contributed by atoms with Crippen molar-refractivity contribution < 1.29 is 9.53 Å². The number of aliphatic imine (C=N–C) groups is 1. The molecule has 6 nitrogen and oxygen atoms in total. The van der Waals surface area contributed by atoms with Gasteiger partial charge in [-0.05, 0) is 37.0 Å². The molecule has 1 aromatic carbocycles. The number of carbonyl (C=O) groups is 1. The first-order chi connectivity index (χ1) is 12.5. The second-order valence-electron chi connectivity index (χ2n) is 7.06. The number of ether oxygens (including phenoxy) is 1. The van der Waals surface area contributed by atoms with Crippen molar-refractivity contribution in [2.45, 2.75) is 20.3 Å². The highest BCUT2D eigenvalue weighted by atomic mass is 16.5. The van der Waals surface area contributed by atoms with Gasteiger partial charge in [-0.2, -0.15) is 0 Å². The summed E-state index contributed by atoms with van der Waals surface area (Å²) in [6.07, 6.45) is 0.895. The Morgan fingerprint density at radius 1 is 1.31 bits per heavy atom. The van der Waals surface area contributed by atoms with Crippen molar-refractivity contribution >= 4 is 17.6 Å². The van der Waals surface area contributed by atoms with E-state index in [0.29, 0.717) is 6.54 Å². The molecule has 0 bridgehead atoms. The Hall–Kier alpha value is -2.24. The maximum atomic E-state index is 11.9. The third-order valence-electron chi connectivity index (χ3n) is 4.87. The van der Waals surface area contributed by atoms with Crippen LogP contribution in [0.2, 0.25) is 0 Å². The molecule has 0 saturated carbocycles. The zero-order valence-electron chi connectivity index (χ0n) is 16.7. The summed E-state index contributed by atoms with van der Waals surface area (Å²) in [5, 5.41) is 3.35. The van der Waals surface area contributed by atoms with E-state index in [9.17, 15) is 4.79 Å². The first-order valence-electron chi connectivity index (χ1n) is 9.33. The Bertz CT molecular complexity index is 613. The van der Waals surface area contributed by atoms with Crippen LogP contribution >= 0.6 is 0 Å². The van der Waals surface area contributed by atoms with Gasteiger partial charge in [0.05, 0.1) is 13.0 Å². The topological polar surface area (TPSA) is 57.2 Å². The molecule has 1 aromatic rings. The van der Waals surface area contributed by atoms with Crippen LogP contribution in [-0.4, -0.2) is 64.2 Å². The lowest BCUT2D eigenvalue weighted by atomic mass is 9.99. The third-order valence-corrected chi connectivity index (χ3v) is 4.87. The van der Waals surface area contributed by atoms with Crippen LogP contribution in [0.5, 0.6) is 0 Å². The van der Waals surface area contributed by atoms with Gasteiger partial charge in [0, 0.05) is 46.0 Å². The van der Waals surface area contributed by atoms with Gasteiger partial charge in [-0.3, -0.25) is 9.79 Å². The molecule has 26 heavy (non-hydrogen) atoms. The highest BCUT2D eigenvalue weighted by molar-refractivity contribution is 5.82. The molecule has 2 atom stereocenters. The molecule has 0 radical (unpaired) electrons. The number of likely N-dealkylation sites (tertiary alicyclic amines) is 1. The minimum absolute atomic E-state index is 0.0811. The van der Waals surface area contributed by atoms with E-state index >= 15 is 0 Å². The summed E-state index contributed by atoms with van der Waals surface area (Å²) in [4.78, 5) is 20.9. The monoisotopic (exact) mass is 360 g/mol. The third kappa shape index (κ3) is 5.13. The van der Waals surface area contributed by atoms with Crippen molar-refractivity contribution in [3.8, 4) is 0 Å². The number of carbonyl (C=O) groups excluding carboxylic acids is 1. The van der Waals surface area contributed by atoms with Crippen molar-refractivity contribution in [3.63, 3.8) is 0 Å². The first-order valence-corrected chi connectivity index (χ1v) is 9.33. The van der Waals surface area contributed by atoms with Crippen LogP contribution in [0.3, 0.4) is 0 Å². The van der Waals surface area contributed by atoms with Gasteiger partial charge in [0.25, 0.3) is 0 Å². The zero-order valence-corrected chi connectivity index (χ0v) is 16.7. The first kappa shape index (κ1) is 20.1. The molecule has 1 fully saturated rings. The van der Waals surface area contributed by atoms with E-state index in [1.165, 1.54) is 18.4 Å². The van der Waals surface area contributed by atoms with Crippen LogP contribution in [0.15, 0.2) is 29.3 Å². The number of anilines is 1. The van der Waals surface area contributed by atoms with Gasteiger partial charge in [0.1, 0.15) is 0 Å². The number of nitrogens with one attached hydrogen (secondary N) is 1. The lowest BCUT2D eigenvalue weighted by Gasteiger charge is -2.21. The normalized spacial score (nSPS) is 20.2. The number of methoxy groups -OCH3 is 1. The highest BCUT2D eigenvalue weighted by Gasteiger charge is 2.36. The largest absolute Gasteiger partial charge is 0.469 e. The zero-order chi connectivity index (χ0) is 19.1. The quantitative estimate of drug-likeness (QED) is 0.478. The molecule has 2 rings (SSSR count). The fourth-order valence-corrected chi connectivity index (χ4v) is 3.28. The maximum absolute atomic E-state index is 11.9.